The first-order valence-electron chi connectivity index (χ1n) is 10.6. The van der Waals surface area contributed by atoms with Crippen molar-refractivity contribution < 1.29 is 19.8 Å². The zero-order chi connectivity index (χ0) is 23.2. The molecule has 0 aliphatic carbocycles. The van der Waals surface area contributed by atoms with Crippen LogP contribution in [0.2, 0.25) is 0 Å². The van der Waals surface area contributed by atoms with Gasteiger partial charge in [-0.15, -0.1) is 0 Å². The number of hydrogen-bond acceptors (Lipinski definition) is 4. The standard InChI is InChI=1S/C25H22N4O4/c1-2-21(15-8-4-3-5-9-15)29-22(30)17-10-6-7-11-18(17)25(29,33)16-12-13-19-20(14-16)27-23(26-19)28-24(31)32/h3-14,21,33H,2H2,1H3,(H,31,32)(H2,26,27,28). The first-order valence-corrected chi connectivity index (χ1v) is 10.6. The zero-order valence-electron chi connectivity index (χ0n) is 17.8. The SMILES string of the molecule is CCC(c1ccccc1)N1C(=O)c2ccccc2C1(O)c1ccc2[nH]c(NC(=O)O)nc2c1. The van der Waals surface area contributed by atoms with Crippen molar-refractivity contribution in [2.75, 3.05) is 5.32 Å². The first-order chi connectivity index (χ1) is 15.9. The van der Waals surface area contributed by atoms with Crippen LogP contribution in [0.25, 0.3) is 11.0 Å². The van der Waals surface area contributed by atoms with Crippen LogP contribution in [-0.4, -0.2) is 37.1 Å². The summed E-state index contributed by atoms with van der Waals surface area (Å²) >= 11 is 0. The number of anilines is 1. The number of fused-ring (bicyclic) bond motifs is 2. The Kier molecular flexibility index (Phi) is 4.87. The molecule has 33 heavy (non-hydrogen) atoms. The number of H-pyrrole nitrogens is 1. The minimum Gasteiger partial charge on any atom is -0.465 e. The number of aromatic nitrogens is 2. The Morgan fingerprint density at radius 2 is 1.85 bits per heavy atom. The summed E-state index contributed by atoms with van der Waals surface area (Å²) < 4.78 is 0. The summed E-state index contributed by atoms with van der Waals surface area (Å²) in [5.41, 5.74) is 1.69. The largest absolute Gasteiger partial charge is 0.465 e. The minimum atomic E-state index is -1.72. The molecule has 4 N–H and O–H groups in total. The second-order valence-electron chi connectivity index (χ2n) is 7.98. The van der Waals surface area contributed by atoms with E-state index in [4.69, 9.17) is 5.11 Å². The predicted octanol–water partition coefficient (Wildman–Crippen LogP) is 4.45. The van der Waals surface area contributed by atoms with Gasteiger partial charge in [-0.2, -0.15) is 0 Å². The van der Waals surface area contributed by atoms with E-state index in [-0.39, 0.29) is 17.9 Å². The highest BCUT2D eigenvalue weighted by atomic mass is 16.4. The lowest BCUT2D eigenvalue weighted by Crippen LogP contribution is -2.46. The van der Waals surface area contributed by atoms with E-state index in [9.17, 15) is 14.7 Å². The van der Waals surface area contributed by atoms with E-state index in [1.54, 1.807) is 42.5 Å². The Balaban J connectivity index is 1.69. The number of hydrogen-bond donors (Lipinski definition) is 4. The van der Waals surface area contributed by atoms with Crippen LogP contribution in [0.4, 0.5) is 10.7 Å². The third-order valence-electron chi connectivity index (χ3n) is 6.09. The van der Waals surface area contributed by atoms with Crippen molar-refractivity contribution in [3.63, 3.8) is 0 Å². The average molecular weight is 442 g/mol. The van der Waals surface area contributed by atoms with Crippen LogP contribution >= 0.6 is 0 Å². The van der Waals surface area contributed by atoms with Gasteiger partial charge in [0.1, 0.15) is 0 Å². The fourth-order valence-electron chi connectivity index (χ4n) is 4.67. The summed E-state index contributed by atoms with van der Waals surface area (Å²) in [6, 6.07) is 21.5. The van der Waals surface area contributed by atoms with E-state index in [2.05, 4.69) is 15.3 Å². The van der Waals surface area contributed by atoms with Gasteiger partial charge in [-0.3, -0.25) is 15.0 Å². The van der Waals surface area contributed by atoms with Gasteiger partial charge in [0.25, 0.3) is 5.91 Å². The third kappa shape index (κ3) is 3.23. The van der Waals surface area contributed by atoms with E-state index in [1.165, 1.54) is 4.90 Å². The van der Waals surface area contributed by atoms with Gasteiger partial charge in [0, 0.05) is 16.7 Å². The number of nitrogens with zero attached hydrogens (tertiary/aromatic N) is 2. The maximum atomic E-state index is 13.6. The van der Waals surface area contributed by atoms with Crippen molar-refractivity contribution in [2.24, 2.45) is 0 Å². The van der Waals surface area contributed by atoms with Crippen LogP contribution in [0.3, 0.4) is 0 Å². The summed E-state index contributed by atoms with van der Waals surface area (Å²) in [5.74, 6) is -0.170. The Labute approximate surface area is 189 Å². The molecule has 0 fully saturated rings. The van der Waals surface area contributed by atoms with Gasteiger partial charge in [0.2, 0.25) is 5.95 Å². The molecule has 166 valence electrons. The maximum absolute atomic E-state index is 13.6. The number of carbonyl (C=O) groups is 2. The molecule has 1 aliphatic heterocycles. The molecule has 3 aromatic carbocycles. The predicted molar refractivity (Wildman–Crippen MR) is 123 cm³/mol. The van der Waals surface area contributed by atoms with Gasteiger partial charge < -0.3 is 15.2 Å². The molecule has 2 unspecified atom stereocenters. The minimum absolute atomic E-state index is 0.0807. The maximum Gasteiger partial charge on any atom is 0.411 e. The Morgan fingerprint density at radius 1 is 1.12 bits per heavy atom. The smallest absolute Gasteiger partial charge is 0.411 e. The normalized spacial score (nSPS) is 18.4. The third-order valence-corrected chi connectivity index (χ3v) is 6.09. The van der Waals surface area contributed by atoms with Gasteiger partial charge in [-0.05, 0) is 30.2 Å². The number of benzene rings is 3. The molecule has 4 aromatic rings. The van der Waals surface area contributed by atoms with Crippen LogP contribution < -0.4 is 5.32 Å². The molecule has 0 radical (unpaired) electrons. The van der Waals surface area contributed by atoms with E-state index in [1.807, 2.05) is 37.3 Å². The molecule has 1 aromatic heterocycles. The van der Waals surface area contributed by atoms with Crippen molar-refractivity contribution in [1.29, 1.82) is 0 Å². The molecule has 2 heterocycles. The number of rotatable bonds is 5. The van der Waals surface area contributed by atoms with Crippen LogP contribution in [-0.2, 0) is 5.72 Å². The monoisotopic (exact) mass is 442 g/mol. The van der Waals surface area contributed by atoms with Crippen LogP contribution in [0.1, 0.15) is 46.4 Å². The molecule has 0 bridgehead atoms. The summed E-state index contributed by atoms with van der Waals surface area (Å²) in [7, 11) is 0. The molecule has 2 atom stereocenters. The number of amides is 2. The molecule has 5 rings (SSSR count). The molecule has 0 saturated carbocycles. The highest BCUT2D eigenvalue weighted by Crippen LogP contribution is 2.47. The topological polar surface area (TPSA) is 119 Å². The molecule has 2 amide bonds. The number of imidazole rings is 1. The molecule has 0 saturated heterocycles. The van der Waals surface area contributed by atoms with Crippen molar-refractivity contribution in [3.05, 3.63) is 95.1 Å². The number of carbonyl (C=O) groups excluding carboxylic acids is 1. The summed E-state index contributed by atoms with van der Waals surface area (Å²) in [5, 5.41) is 23.4. The molecule has 1 aliphatic rings. The number of aromatic amines is 1. The van der Waals surface area contributed by atoms with Crippen LogP contribution in [0, 0.1) is 0 Å². The Bertz CT molecular complexity index is 1370. The van der Waals surface area contributed by atoms with E-state index in [0.29, 0.717) is 34.1 Å². The molecule has 0 spiro atoms. The molecular weight excluding hydrogens is 420 g/mol. The van der Waals surface area contributed by atoms with Crippen molar-refractivity contribution in [2.45, 2.75) is 25.1 Å². The van der Waals surface area contributed by atoms with Gasteiger partial charge in [-0.25, -0.2) is 9.78 Å². The van der Waals surface area contributed by atoms with Crippen LogP contribution in [0.5, 0.6) is 0 Å². The Morgan fingerprint density at radius 3 is 2.58 bits per heavy atom. The lowest BCUT2D eigenvalue weighted by molar-refractivity contribution is -0.0715. The average Bonchev–Trinajstić information content (AvgIpc) is 3.32. The highest BCUT2D eigenvalue weighted by Gasteiger charge is 2.52. The quantitative estimate of drug-likeness (QED) is 0.364. The van der Waals surface area contributed by atoms with Crippen LogP contribution in [0.15, 0.2) is 72.8 Å². The summed E-state index contributed by atoms with van der Waals surface area (Å²) in [6.07, 6.45) is -0.633. The van der Waals surface area contributed by atoms with Gasteiger partial charge in [0.15, 0.2) is 5.72 Å². The lowest BCUT2D eigenvalue weighted by atomic mass is 9.91. The van der Waals surface area contributed by atoms with E-state index in [0.717, 1.165) is 5.56 Å². The summed E-state index contributed by atoms with van der Waals surface area (Å²) in [4.78, 5) is 33.3. The van der Waals surface area contributed by atoms with E-state index < -0.39 is 11.8 Å². The zero-order valence-corrected chi connectivity index (χ0v) is 17.8. The number of nitrogens with one attached hydrogen (secondary N) is 2. The lowest BCUT2D eigenvalue weighted by Gasteiger charge is -2.40. The second-order valence-corrected chi connectivity index (χ2v) is 7.98. The van der Waals surface area contributed by atoms with Crippen molar-refractivity contribution >= 4 is 29.0 Å². The second kappa shape index (κ2) is 7.75. The fraction of sp³-hybridized carbons (Fsp3) is 0.160. The summed E-state index contributed by atoms with van der Waals surface area (Å²) in [6.45, 7) is 1.98. The van der Waals surface area contributed by atoms with Crippen molar-refractivity contribution in [1.82, 2.24) is 14.9 Å². The van der Waals surface area contributed by atoms with Gasteiger partial charge in [-0.1, -0.05) is 61.5 Å². The highest BCUT2D eigenvalue weighted by molar-refractivity contribution is 6.01. The van der Waals surface area contributed by atoms with E-state index >= 15 is 0 Å². The Hall–Kier alpha value is -4.17. The van der Waals surface area contributed by atoms with Gasteiger partial charge in [0.05, 0.1) is 17.1 Å². The molecule has 8 heteroatoms. The van der Waals surface area contributed by atoms with Crippen molar-refractivity contribution in [3.8, 4) is 0 Å². The fourth-order valence-corrected chi connectivity index (χ4v) is 4.67. The first kappa shape index (κ1) is 20.7. The number of aliphatic hydroxyl groups is 1. The molecule has 8 nitrogen and oxygen atoms in total. The molecular formula is C25H22N4O4. The van der Waals surface area contributed by atoms with Gasteiger partial charge >= 0.3 is 6.09 Å². The number of carboxylic acid groups (broad SMARTS) is 1.